The maximum atomic E-state index is 12.0. The van der Waals surface area contributed by atoms with Gasteiger partial charge < -0.3 is 4.74 Å². The van der Waals surface area contributed by atoms with Crippen molar-refractivity contribution in [2.75, 3.05) is 13.2 Å². The Hall–Kier alpha value is -1.49. The van der Waals surface area contributed by atoms with Gasteiger partial charge >= 0.3 is 0 Å². The van der Waals surface area contributed by atoms with E-state index in [9.17, 15) is 8.42 Å². The van der Waals surface area contributed by atoms with Crippen molar-refractivity contribution in [3.63, 3.8) is 0 Å². The van der Waals surface area contributed by atoms with Gasteiger partial charge in [0.25, 0.3) is 0 Å². The first-order valence-corrected chi connectivity index (χ1v) is 7.29. The fraction of sp³-hybridized carbons (Fsp3) is 0.500. The summed E-state index contributed by atoms with van der Waals surface area (Å²) in [4.78, 5) is 3.76. The highest BCUT2D eigenvalue weighted by atomic mass is 32.2. The van der Waals surface area contributed by atoms with Gasteiger partial charge in [0.05, 0.1) is 5.60 Å². The van der Waals surface area contributed by atoms with Gasteiger partial charge in [0, 0.05) is 19.3 Å². The SMILES string of the molecule is CCOC(C)(C)CNS(=O)(=O)c1ccc(C#N)nc1. The van der Waals surface area contributed by atoms with Crippen LogP contribution in [-0.4, -0.2) is 32.2 Å². The summed E-state index contributed by atoms with van der Waals surface area (Å²) < 4.78 is 31.9. The highest BCUT2D eigenvalue weighted by Gasteiger charge is 2.22. The second-order valence-electron chi connectivity index (χ2n) is 4.51. The topological polar surface area (TPSA) is 92.1 Å². The zero-order valence-corrected chi connectivity index (χ0v) is 12.0. The molecular weight excluding hydrogens is 266 g/mol. The molecule has 0 amide bonds. The van der Waals surface area contributed by atoms with E-state index >= 15 is 0 Å². The molecule has 0 spiro atoms. The molecule has 7 heteroatoms. The first-order valence-electron chi connectivity index (χ1n) is 5.80. The fourth-order valence-electron chi connectivity index (χ4n) is 1.40. The minimum atomic E-state index is -3.64. The molecule has 1 aromatic heterocycles. The largest absolute Gasteiger partial charge is 0.375 e. The van der Waals surface area contributed by atoms with Gasteiger partial charge in [-0.25, -0.2) is 18.1 Å². The van der Waals surface area contributed by atoms with Gasteiger partial charge in [0.2, 0.25) is 10.0 Å². The zero-order valence-electron chi connectivity index (χ0n) is 11.2. The van der Waals surface area contributed by atoms with E-state index in [1.807, 2.05) is 13.0 Å². The van der Waals surface area contributed by atoms with Crippen LogP contribution in [0.5, 0.6) is 0 Å². The molecule has 0 saturated heterocycles. The quantitative estimate of drug-likeness (QED) is 0.842. The van der Waals surface area contributed by atoms with Crippen LogP contribution in [0.15, 0.2) is 23.2 Å². The van der Waals surface area contributed by atoms with Crippen molar-refractivity contribution in [2.45, 2.75) is 31.3 Å². The number of rotatable bonds is 6. The van der Waals surface area contributed by atoms with Crippen LogP contribution in [0.3, 0.4) is 0 Å². The number of pyridine rings is 1. The van der Waals surface area contributed by atoms with Gasteiger partial charge in [-0.3, -0.25) is 0 Å². The fourth-order valence-corrected chi connectivity index (χ4v) is 2.54. The number of nitrogens with zero attached hydrogens (tertiary/aromatic N) is 2. The molecule has 0 fully saturated rings. The zero-order chi connectivity index (χ0) is 14.5. The predicted molar refractivity (Wildman–Crippen MR) is 69.8 cm³/mol. The first-order chi connectivity index (χ1) is 8.80. The molecule has 0 aromatic carbocycles. The second-order valence-corrected chi connectivity index (χ2v) is 6.28. The average molecular weight is 283 g/mol. The maximum Gasteiger partial charge on any atom is 0.242 e. The van der Waals surface area contributed by atoms with Crippen LogP contribution in [0.2, 0.25) is 0 Å². The van der Waals surface area contributed by atoms with Crippen molar-refractivity contribution in [2.24, 2.45) is 0 Å². The Labute approximate surface area is 113 Å². The summed E-state index contributed by atoms with van der Waals surface area (Å²) in [5.41, 5.74) is -0.407. The molecular formula is C12H17N3O3S. The Balaban J connectivity index is 2.79. The molecule has 1 N–H and O–H groups in total. The Morgan fingerprint density at radius 2 is 2.16 bits per heavy atom. The van der Waals surface area contributed by atoms with Crippen molar-refractivity contribution in [3.8, 4) is 6.07 Å². The molecule has 1 rings (SSSR count). The van der Waals surface area contributed by atoms with Crippen molar-refractivity contribution in [1.29, 1.82) is 5.26 Å². The first kappa shape index (κ1) is 15.6. The van der Waals surface area contributed by atoms with E-state index < -0.39 is 15.6 Å². The van der Waals surface area contributed by atoms with Crippen molar-refractivity contribution in [1.82, 2.24) is 9.71 Å². The van der Waals surface area contributed by atoms with Crippen molar-refractivity contribution in [3.05, 3.63) is 24.0 Å². The van der Waals surface area contributed by atoms with Gasteiger partial charge in [-0.2, -0.15) is 5.26 Å². The molecule has 0 aliphatic carbocycles. The maximum absolute atomic E-state index is 12.0. The van der Waals surface area contributed by atoms with Crippen molar-refractivity contribution < 1.29 is 13.2 Å². The second kappa shape index (κ2) is 6.10. The highest BCUT2D eigenvalue weighted by molar-refractivity contribution is 7.89. The molecule has 1 heterocycles. The summed E-state index contributed by atoms with van der Waals surface area (Å²) >= 11 is 0. The third-order valence-electron chi connectivity index (χ3n) is 2.38. The number of aromatic nitrogens is 1. The number of nitriles is 1. The van der Waals surface area contributed by atoms with E-state index in [1.165, 1.54) is 12.1 Å². The van der Waals surface area contributed by atoms with Crippen LogP contribution in [-0.2, 0) is 14.8 Å². The van der Waals surface area contributed by atoms with Gasteiger partial charge in [-0.1, -0.05) is 0 Å². The van der Waals surface area contributed by atoms with Gasteiger partial charge in [0.15, 0.2) is 0 Å². The summed E-state index contributed by atoms with van der Waals surface area (Å²) in [6.07, 6.45) is 1.16. The minimum absolute atomic E-state index is 0.0267. The van der Waals surface area contributed by atoms with Crippen molar-refractivity contribution >= 4 is 10.0 Å². The standard InChI is InChI=1S/C12H17N3O3S/c1-4-18-12(2,3)9-15-19(16,17)11-6-5-10(7-13)14-8-11/h5-6,8,15H,4,9H2,1-3H3. The van der Waals surface area contributed by atoms with Gasteiger partial charge in [-0.05, 0) is 32.9 Å². The van der Waals surface area contributed by atoms with Gasteiger partial charge in [0.1, 0.15) is 16.7 Å². The van der Waals surface area contributed by atoms with Crippen LogP contribution < -0.4 is 4.72 Å². The van der Waals surface area contributed by atoms with Gasteiger partial charge in [-0.15, -0.1) is 0 Å². The minimum Gasteiger partial charge on any atom is -0.375 e. The molecule has 0 aliphatic rings. The number of hydrogen-bond donors (Lipinski definition) is 1. The predicted octanol–water partition coefficient (Wildman–Crippen LogP) is 1.05. The van der Waals surface area contributed by atoms with E-state index in [-0.39, 0.29) is 17.1 Å². The van der Waals surface area contributed by atoms with E-state index in [2.05, 4.69) is 9.71 Å². The lowest BCUT2D eigenvalue weighted by Crippen LogP contribution is -2.40. The summed E-state index contributed by atoms with van der Waals surface area (Å²) in [5.74, 6) is 0. The third kappa shape index (κ3) is 4.59. The molecule has 0 unspecified atom stereocenters. The summed E-state index contributed by atoms with van der Waals surface area (Å²) in [5, 5.41) is 8.61. The molecule has 0 saturated carbocycles. The normalized spacial score (nSPS) is 12.1. The van der Waals surface area contributed by atoms with Crippen LogP contribution in [0.1, 0.15) is 26.5 Å². The lowest BCUT2D eigenvalue weighted by molar-refractivity contribution is -0.00515. The molecule has 104 valence electrons. The molecule has 1 aromatic rings. The molecule has 6 nitrogen and oxygen atoms in total. The molecule has 0 bridgehead atoms. The number of sulfonamides is 1. The number of nitrogens with one attached hydrogen (secondary N) is 1. The lowest BCUT2D eigenvalue weighted by atomic mass is 10.1. The van der Waals surface area contributed by atoms with Crippen LogP contribution in [0, 0.1) is 11.3 Å². The third-order valence-corrected chi connectivity index (χ3v) is 3.77. The van der Waals surface area contributed by atoms with Crippen LogP contribution in [0.25, 0.3) is 0 Å². The highest BCUT2D eigenvalue weighted by Crippen LogP contribution is 2.11. The molecule has 0 atom stereocenters. The molecule has 0 radical (unpaired) electrons. The number of ether oxygens (including phenoxy) is 1. The van der Waals surface area contributed by atoms with E-state index in [1.54, 1.807) is 13.8 Å². The lowest BCUT2D eigenvalue weighted by Gasteiger charge is -2.24. The Morgan fingerprint density at radius 3 is 2.63 bits per heavy atom. The average Bonchev–Trinajstić information content (AvgIpc) is 2.37. The number of hydrogen-bond acceptors (Lipinski definition) is 5. The Bertz CT molecular complexity index is 559. The van der Waals surface area contributed by atoms with Crippen LogP contribution in [0.4, 0.5) is 0 Å². The molecule has 19 heavy (non-hydrogen) atoms. The smallest absolute Gasteiger partial charge is 0.242 e. The summed E-state index contributed by atoms with van der Waals surface area (Å²) in [6, 6.07) is 4.54. The summed E-state index contributed by atoms with van der Waals surface area (Å²) in [6.45, 7) is 6.11. The summed E-state index contributed by atoms with van der Waals surface area (Å²) in [7, 11) is -3.64. The Kier molecular flexibility index (Phi) is 5.00. The molecule has 0 aliphatic heterocycles. The van der Waals surface area contributed by atoms with E-state index in [4.69, 9.17) is 10.00 Å². The van der Waals surface area contributed by atoms with Crippen LogP contribution >= 0.6 is 0 Å². The van der Waals surface area contributed by atoms with E-state index in [0.717, 1.165) is 6.20 Å². The monoisotopic (exact) mass is 283 g/mol. The Morgan fingerprint density at radius 1 is 1.47 bits per heavy atom. The van der Waals surface area contributed by atoms with E-state index in [0.29, 0.717) is 6.61 Å².